The zero-order valence-electron chi connectivity index (χ0n) is 11.4. The first-order chi connectivity index (χ1) is 9.69. The van der Waals surface area contributed by atoms with Gasteiger partial charge in [0, 0.05) is 25.3 Å². The van der Waals surface area contributed by atoms with Crippen LogP contribution in [0.5, 0.6) is 0 Å². The van der Waals surface area contributed by atoms with Gasteiger partial charge >= 0.3 is 6.03 Å². The van der Waals surface area contributed by atoms with Gasteiger partial charge in [-0.1, -0.05) is 12.1 Å². The topological polar surface area (TPSA) is 87.5 Å². The monoisotopic (exact) mass is 276 g/mol. The van der Waals surface area contributed by atoms with Crippen molar-refractivity contribution in [2.75, 3.05) is 25.0 Å². The average molecular weight is 276 g/mol. The molecule has 0 unspecified atom stereocenters. The number of nitrogens with one attached hydrogen (secondary N) is 2. The Morgan fingerprint density at radius 2 is 1.80 bits per heavy atom. The Balaban J connectivity index is 1.75. The SMILES string of the molecule is NCc1ccc(NC(=O)NCC(=O)N2CCCC2)cc1. The van der Waals surface area contributed by atoms with Gasteiger partial charge in [-0.25, -0.2) is 4.79 Å². The molecule has 0 radical (unpaired) electrons. The summed E-state index contributed by atoms with van der Waals surface area (Å²) in [5.74, 6) is -0.0314. The number of benzene rings is 1. The number of hydrogen-bond donors (Lipinski definition) is 3. The van der Waals surface area contributed by atoms with E-state index in [4.69, 9.17) is 5.73 Å². The lowest BCUT2D eigenvalue weighted by Gasteiger charge is -2.15. The first-order valence-corrected chi connectivity index (χ1v) is 6.80. The van der Waals surface area contributed by atoms with Gasteiger partial charge in [-0.3, -0.25) is 4.79 Å². The Hall–Kier alpha value is -2.08. The predicted octanol–water partition coefficient (Wildman–Crippen LogP) is 0.889. The third-order valence-corrected chi connectivity index (χ3v) is 3.31. The molecule has 1 fully saturated rings. The Morgan fingerprint density at radius 3 is 2.40 bits per heavy atom. The summed E-state index contributed by atoms with van der Waals surface area (Å²) in [5.41, 5.74) is 7.17. The maximum absolute atomic E-state index is 11.8. The fraction of sp³-hybridized carbons (Fsp3) is 0.429. The lowest BCUT2D eigenvalue weighted by atomic mass is 10.2. The molecule has 1 saturated heterocycles. The molecule has 0 saturated carbocycles. The largest absolute Gasteiger partial charge is 0.341 e. The summed E-state index contributed by atoms with van der Waals surface area (Å²) in [5, 5.41) is 5.25. The van der Waals surface area contributed by atoms with E-state index in [0.29, 0.717) is 12.2 Å². The molecule has 0 spiro atoms. The molecule has 108 valence electrons. The second kappa shape index (κ2) is 6.91. The van der Waals surface area contributed by atoms with Gasteiger partial charge in [0.1, 0.15) is 0 Å². The molecule has 4 N–H and O–H groups in total. The van der Waals surface area contributed by atoms with Crippen LogP contribution in [0.1, 0.15) is 18.4 Å². The van der Waals surface area contributed by atoms with E-state index in [2.05, 4.69) is 10.6 Å². The number of likely N-dealkylation sites (tertiary alicyclic amines) is 1. The van der Waals surface area contributed by atoms with E-state index in [9.17, 15) is 9.59 Å². The molecule has 3 amide bonds. The molecule has 2 rings (SSSR count). The summed E-state index contributed by atoms with van der Waals surface area (Å²) in [6.07, 6.45) is 2.09. The minimum absolute atomic E-state index is 0.0314. The highest BCUT2D eigenvalue weighted by Gasteiger charge is 2.17. The van der Waals surface area contributed by atoms with E-state index in [1.165, 1.54) is 0 Å². The highest BCUT2D eigenvalue weighted by molar-refractivity contribution is 5.92. The minimum Gasteiger partial charge on any atom is -0.341 e. The lowest BCUT2D eigenvalue weighted by molar-refractivity contribution is -0.128. The fourth-order valence-electron chi connectivity index (χ4n) is 2.13. The predicted molar refractivity (Wildman–Crippen MR) is 77.2 cm³/mol. The number of urea groups is 1. The van der Waals surface area contributed by atoms with Crippen LogP contribution in [-0.4, -0.2) is 36.5 Å². The van der Waals surface area contributed by atoms with Crippen molar-refractivity contribution in [3.8, 4) is 0 Å². The molecule has 1 aliphatic rings. The van der Waals surface area contributed by atoms with Gasteiger partial charge in [-0.2, -0.15) is 0 Å². The van der Waals surface area contributed by atoms with Crippen LogP contribution < -0.4 is 16.4 Å². The number of hydrogen-bond acceptors (Lipinski definition) is 3. The number of rotatable bonds is 4. The van der Waals surface area contributed by atoms with E-state index >= 15 is 0 Å². The van der Waals surface area contributed by atoms with Crippen molar-refractivity contribution < 1.29 is 9.59 Å². The highest BCUT2D eigenvalue weighted by Crippen LogP contribution is 2.09. The molecule has 20 heavy (non-hydrogen) atoms. The molecule has 1 aromatic rings. The van der Waals surface area contributed by atoms with Crippen LogP contribution >= 0.6 is 0 Å². The number of carbonyl (C=O) groups excluding carboxylic acids is 2. The van der Waals surface area contributed by atoms with Crippen LogP contribution in [-0.2, 0) is 11.3 Å². The Bertz CT molecular complexity index is 467. The van der Waals surface area contributed by atoms with Crippen LogP contribution in [0, 0.1) is 0 Å². The quantitative estimate of drug-likeness (QED) is 0.763. The molecule has 0 atom stereocenters. The van der Waals surface area contributed by atoms with Crippen molar-refractivity contribution in [3.63, 3.8) is 0 Å². The van der Waals surface area contributed by atoms with Crippen molar-refractivity contribution in [2.45, 2.75) is 19.4 Å². The summed E-state index contributed by atoms with van der Waals surface area (Å²) < 4.78 is 0. The maximum atomic E-state index is 11.8. The van der Waals surface area contributed by atoms with Gasteiger partial charge in [-0.05, 0) is 30.5 Å². The van der Waals surface area contributed by atoms with Crippen molar-refractivity contribution in [1.29, 1.82) is 0 Å². The van der Waals surface area contributed by atoms with Gasteiger partial charge in [0.05, 0.1) is 6.54 Å². The number of anilines is 1. The first-order valence-electron chi connectivity index (χ1n) is 6.80. The number of nitrogens with two attached hydrogens (primary N) is 1. The van der Waals surface area contributed by atoms with Gasteiger partial charge in [0.25, 0.3) is 0 Å². The van der Waals surface area contributed by atoms with Gasteiger partial charge in [0.15, 0.2) is 0 Å². The number of nitrogens with zero attached hydrogens (tertiary/aromatic N) is 1. The van der Waals surface area contributed by atoms with Crippen LogP contribution in [0.4, 0.5) is 10.5 Å². The average Bonchev–Trinajstić information content (AvgIpc) is 3.00. The second-order valence-electron chi connectivity index (χ2n) is 4.80. The fourth-order valence-corrected chi connectivity index (χ4v) is 2.13. The molecular weight excluding hydrogens is 256 g/mol. The maximum Gasteiger partial charge on any atom is 0.319 e. The minimum atomic E-state index is -0.377. The van der Waals surface area contributed by atoms with Gasteiger partial charge in [0.2, 0.25) is 5.91 Å². The Kier molecular flexibility index (Phi) is 4.95. The molecule has 6 heteroatoms. The third kappa shape index (κ3) is 3.96. The van der Waals surface area contributed by atoms with E-state index in [-0.39, 0.29) is 18.5 Å². The molecule has 1 heterocycles. The standard InChI is InChI=1S/C14H20N4O2/c15-9-11-3-5-12(6-4-11)17-14(20)16-10-13(19)18-7-1-2-8-18/h3-6H,1-2,7-10,15H2,(H2,16,17,20). The molecule has 0 aliphatic carbocycles. The molecule has 0 bridgehead atoms. The third-order valence-electron chi connectivity index (χ3n) is 3.31. The number of carbonyl (C=O) groups is 2. The highest BCUT2D eigenvalue weighted by atomic mass is 16.2. The van der Waals surface area contributed by atoms with Crippen molar-refractivity contribution in [3.05, 3.63) is 29.8 Å². The molecule has 1 aliphatic heterocycles. The smallest absolute Gasteiger partial charge is 0.319 e. The molecule has 1 aromatic carbocycles. The van der Waals surface area contributed by atoms with Crippen molar-refractivity contribution in [1.82, 2.24) is 10.2 Å². The zero-order valence-corrected chi connectivity index (χ0v) is 11.4. The van der Waals surface area contributed by atoms with Crippen molar-refractivity contribution >= 4 is 17.6 Å². The Morgan fingerprint density at radius 1 is 1.15 bits per heavy atom. The van der Waals surface area contributed by atoms with Crippen LogP contribution in [0.15, 0.2) is 24.3 Å². The normalized spacial score (nSPS) is 14.2. The molecule has 6 nitrogen and oxygen atoms in total. The van der Waals surface area contributed by atoms with E-state index in [1.807, 2.05) is 12.1 Å². The van der Waals surface area contributed by atoms with Gasteiger partial charge in [-0.15, -0.1) is 0 Å². The summed E-state index contributed by atoms with van der Waals surface area (Å²) in [4.78, 5) is 25.2. The van der Waals surface area contributed by atoms with Crippen LogP contribution in [0.3, 0.4) is 0 Å². The summed E-state index contributed by atoms with van der Waals surface area (Å²) in [6, 6.07) is 6.89. The van der Waals surface area contributed by atoms with Crippen LogP contribution in [0.25, 0.3) is 0 Å². The van der Waals surface area contributed by atoms with Crippen LogP contribution in [0.2, 0.25) is 0 Å². The summed E-state index contributed by atoms with van der Waals surface area (Å²) in [7, 11) is 0. The lowest BCUT2D eigenvalue weighted by Crippen LogP contribution is -2.40. The van der Waals surface area contributed by atoms with E-state index in [1.54, 1.807) is 17.0 Å². The molecular formula is C14H20N4O2. The van der Waals surface area contributed by atoms with Gasteiger partial charge < -0.3 is 21.3 Å². The second-order valence-corrected chi connectivity index (χ2v) is 4.80. The van der Waals surface area contributed by atoms with Crippen molar-refractivity contribution in [2.24, 2.45) is 5.73 Å². The van der Waals surface area contributed by atoms with E-state index < -0.39 is 0 Å². The zero-order chi connectivity index (χ0) is 14.4. The first kappa shape index (κ1) is 14.3. The summed E-state index contributed by atoms with van der Waals surface area (Å²) in [6.45, 7) is 2.09. The van der Waals surface area contributed by atoms with E-state index in [0.717, 1.165) is 31.5 Å². The number of amides is 3. The summed E-state index contributed by atoms with van der Waals surface area (Å²) >= 11 is 0. The Labute approximate surface area is 118 Å². The molecule has 0 aromatic heterocycles.